The third-order valence-electron chi connectivity index (χ3n) is 4.12. The number of ether oxygens (including phenoxy) is 1. The standard InChI is InChI=1S/C20H24N2O4/c1-20(14-23,12-15-8-4-3-5-9-15)13-21-18(24)16-10-6-7-11-17(16)22-19(25)26-2/h3-11,23H,12-14H2,1-2H3,(H,21,24)(H,22,25). The molecular formula is C20H24N2O4. The van der Waals surface area contributed by atoms with E-state index in [0.29, 0.717) is 24.2 Å². The van der Waals surface area contributed by atoms with Crippen molar-refractivity contribution in [2.75, 3.05) is 25.6 Å². The summed E-state index contributed by atoms with van der Waals surface area (Å²) in [5.41, 5.74) is 1.29. The SMILES string of the molecule is COC(=O)Nc1ccccc1C(=O)NCC(C)(CO)Cc1ccccc1. The lowest BCUT2D eigenvalue weighted by Gasteiger charge is -2.28. The summed E-state index contributed by atoms with van der Waals surface area (Å²) < 4.78 is 4.57. The van der Waals surface area contributed by atoms with Gasteiger partial charge in [-0.15, -0.1) is 0 Å². The molecule has 26 heavy (non-hydrogen) atoms. The number of anilines is 1. The van der Waals surface area contributed by atoms with Gasteiger partial charge in [0, 0.05) is 12.0 Å². The normalized spacial score (nSPS) is 12.7. The maximum atomic E-state index is 12.6. The average Bonchev–Trinajstić information content (AvgIpc) is 2.67. The van der Waals surface area contributed by atoms with Gasteiger partial charge >= 0.3 is 6.09 Å². The maximum absolute atomic E-state index is 12.6. The Kier molecular flexibility index (Phi) is 6.74. The number of amides is 2. The minimum Gasteiger partial charge on any atom is -0.453 e. The fourth-order valence-corrected chi connectivity index (χ4v) is 2.60. The lowest BCUT2D eigenvalue weighted by molar-refractivity contribution is 0.0896. The van der Waals surface area contributed by atoms with Crippen molar-refractivity contribution in [3.63, 3.8) is 0 Å². The number of rotatable bonds is 7. The molecule has 0 aliphatic rings. The zero-order chi connectivity index (χ0) is 19.0. The van der Waals surface area contributed by atoms with E-state index in [2.05, 4.69) is 15.4 Å². The molecule has 0 spiro atoms. The molecule has 0 aliphatic carbocycles. The van der Waals surface area contributed by atoms with E-state index in [1.165, 1.54) is 7.11 Å². The molecule has 2 amide bonds. The van der Waals surface area contributed by atoms with Crippen LogP contribution in [0.15, 0.2) is 54.6 Å². The van der Waals surface area contributed by atoms with Crippen molar-refractivity contribution in [3.8, 4) is 0 Å². The fraction of sp³-hybridized carbons (Fsp3) is 0.300. The van der Waals surface area contributed by atoms with Gasteiger partial charge in [-0.05, 0) is 24.1 Å². The molecule has 6 nitrogen and oxygen atoms in total. The van der Waals surface area contributed by atoms with Gasteiger partial charge in [-0.3, -0.25) is 10.1 Å². The number of para-hydroxylation sites is 1. The molecule has 2 rings (SSSR count). The maximum Gasteiger partial charge on any atom is 0.411 e. The molecule has 0 bridgehead atoms. The van der Waals surface area contributed by atoms with Crippen LogP contribution < -0.4 is 10.6 Å². The quantitative estimate of drug-likeness (QED) is 0.712. The topological polar surface area (TPSA) is 87.7 Å². The Labute approximate surface area is 153 Å². The highest BCUT2D eigenvalue weighted by Crippen LogP contribution is 2.22. The molecule has 1 atom stereocenters. The monoisotopic (exact) mass is 356 g/mol. The molecule has 2 aromatic rings. The smallest absolute Gasteiger partial charge is 0.411 e. The van der Waals surface area contributed by atoms with Gasteiger partial charge in [0.05, 0.1) is 25.0 Å². The van der Waals surface area contributed by atoms with E-state index in [4.69, 9.17) is 0 Å². The molecule has 0 fully saturated rings. The molecule has 3 N–H and O–H groups in total. The summed E-state index contributed by atoms with van der Waals surface area (Å²) in [7, 11) is 1.26. The van der Waals surface area contributed by atoms with E-state index in [1.54, 1.807) is 24.3 Å². The molecule has 2 aromatic carbocycles. The van der Waals surface area contributed by atoms with Crippen molar-refractivity contribution in [2.24, 2.45) is 5.41 Å². The third kappa shape index (κ3) is 5.32. The second-order valence-corrected chi connectivity index (χ2v) is 6.48. The highest BCUT2D eigenvalue weighted by Gasteiger charge is 2.25. The van der Waals surface area contributed by atoms with E-state index in [-0.39, 0.29) is 12.5 Å². The molecule has 0 saturated carbocycles. The molecule has 0 saturated heterocycles. The second-order valence-electron chi connectivity index (χ2n) is 6.48. The molecule has 0 radical (unpaired) electrons. The fourth-order valence-electron chi connectivity index (χ4n) is 2.60. The summed E-state index contributed by atoms with van der Waals surface area (Å²) in [5, 5.41) is 15.2. The van der Waals surface area contributed by atoms with Crippen LogP contribution in [-0.2, 0) is 11.2 Å². The minimum atomic E-state index is -0.644. The Morgan fingerprint density at radius 3 is 2.38 bits per heavy atom. The molecule has 1 unspecified atom stereocenters. The van der Waals surface area contributed by atoms with Gasteiger partial charge in [0.15, 0.2) is 0 Å². The number of nitrogens with one attached hydrogen (secondary N) is 2. The van der Waals surface area contributed by atoms with E-state index >= 15 is 0 Å². The molecule has 0 heterocycles. The third-order valence-corrected chi connectivity index (χ3v) is 4.12. The number of hydrogen-bond donors (Lipinski definition) is 3. The van der Waals surface area contributed by atoms with Crippen LogP contribution >= 0.6 is 0 Å². The number of hydrogen-bond acceptors (Lipinski definition) is 4. The first-order valence-corrected chi connectivity index (χ1v) is 8.34. The van der Waals surface area contributed by atoms with Gasteiger partial charge in [-0.25, -0.2) is 4.79 Å². The van der Waals surface area contributed by atoms with E-state index < -0.39 is 11.5 Å². The Balaban J connectivity index is 2.06. The molecule has 6 heteroatoms. The number of aliphatic hydroxyl groups excluding tert-OH is 1. The number of aliphatic hydroxyl groups is 1. The van der Waals surface area contributed by atoms with Crippen LogP contribution in [0.5, 0.6) is 0 Å². The summed E-state index contributed by atoms with van der Waals surface area (Å²) in [5.74, 6) is -0.329. The van der Waals surface area contributed by atoms with Crippen molar-refractivity contribution in [2.45, 2.75) is 13.3 Å². The van der Waals surface area contributed by atoms with Gasteiger partial charge in [-0.2, -0.15) is 0 Å². The second kappa shape index (κ2) is 9.01. The van der Waals surface area contributed by atoms with Gasteiger partial charge < -0.3 is 15.2 Å². The van der Waals surface area contributed by atoms with Crippen molar-refractivity contribution in [1.29, 1.82) is 0 Å². The van der Waals surface area contributed by atoms with Crippen molar-refractivity contribution < 1.29 is 19.4 Å². The largest absolute Gasteiger partial charge is 0.453 e. The average molecular weight is 356 g/mol. The Morgan fingerprint density at radius 2 is 1.73 bits per heavy atom. The van der Waals surface area contributed by atoms with Crippen LogP contribution in [0.3, 0.4) is 0 Å². The lowest BCUT2D eigenvalue weighted by atomic mass is 9.84. The predicted octanol–water partition coefficient (Wildman–Crippen LogP) is 2.84. The summed E-state index contributed by atoms with van der Waals surface area (Å²) >= 11 is 0. The summed E-state index contributed by atoms with van der Waals surface area (Å²) in [4.78, 5) is 24.0. The van der Waals surface area contributed by atoms with Crippen LogP contribution in [0, 0.1) is 5.41 Å². The lowest BCUT2D eigenvalue weighted by Crippen LogP contribution is -2.39. The number of carbonyl (C=O) groups excluding carboxylic acids is 2. The van der Waals surface area contributed by atoms with Crippen LogP contribution in [0.25, 0.3) is 0 Å². The summed E-state index contributed by atoms with van der Waals surface area (Å²) in [6, 6.07) is 16.5. The minimum absolute atomic E-state index is 0.0652. The van der Waals surface area contributed by atoms with Gasteiger partial charge in [0.25, 0.3) is 5.91 Å². The van der Waals surface area contributed by atoms with E-state index in [9.17, 15) is 14.7 Å². The molecule has 0 aromatic heterocycles. The van der Waals surface area contributed by atoms with Crippen LogP contribution in [0.1, 0.15) is 22.8 Å². The first-order chi connectivity index (χ1) is 12.5. The first-order valence-electron chi connectivity index (χ1n) is 8.34. The van der Waals surface area contributed by atoms with Crippen LogP contribution in [-0.4, -0.2) is 37.4 Å². The predicted molar refractivity (Wildman–Crippen MR) is 100 cm³/mol. The number of carbonyl (C=O) groups is 2. The molecule has 138 valence electrons. The zero-order valence-corrected chi connectivity index (χ0v) is 15.0. The Hall–Kier alpha value is -2.86. The van der Waals surface area contributed by atoms with Crippen LogP contribution in [0.4, 0.5) is 10.5 Å². The van der Waals surface area contributed by atoms with Crippen molar-refractivity contribution in [1.82, 2.24) is 5.32 Å². The summed E-state index contributed by atoms with van der Waals surface area (Å²) in [6.07, 6.45) is -0.0123. The highest BCUT2D eigenvalue weighted by atomic mass is 16.5. The Bertz CT molecular complexity index is 748. The van der Waals surface area contributed by atoms with Gasteiger partial charge in [0.1, 0.15) is 0 Å². The van der Waals surface area contributed by atoms with E-state index in [1.807, 2.05) is 37.3 Å². The van der Waals surface area contributed by atoms with Gasteiger partial charge in [-0.1, -0.05) is 49.4 Å². The zero-order valence-electron chi connectivity index (χ0n) is 15.0. The van der Waals surface area contributed by atoms with Crippen LogP contribution in [0.2, 0.25) is 0 Å². The van der Waals surface area contributed by atoms with E-state index in [0.717, 1.165) is 5.56 Å². The van der Waals surface area contributed by atoms with Crippen molar-refractivity contribution >= 4 is 17.7 Å². The molecule has 0 aliphatic heterocycles. The summed E-state index contributed by atoms with van der Waals surface area (Å²) in [6.45, 7) is 2.15. The Morgan fingerprint density at radius 1 is 1.08 bits per heavy atom. The number of methoxy groups -OCH3 is 1. The number of benzene rings is 2. The van der Waals surface area contributed by atoms with Crippen molar-refractivity contribution in [3.05, 3.63) is 65.7 Å². The first kappa shape index (κ1) is 19.5. The molecular weight excluding hydrogens is 332 g/mol. The van der Waals surface area contributed by atoms with Gasteiger partial charge in [0.2, 0.25) is 0 Å². The highest BCUT2D eigenvalue weighted by molar-refractivity contribution is 6.02.